The van der Waals surface area contributed by atoms with Crippen LogP contribution in [0.4, 0.5) is 0 Å². The molecule has 2 aliphatic heterocycles. The van der Waals surface area contributed by atoms with E-state index in [2.05, 4.69) is 10.6 Å². The van der Waals surface area contributed by atoms with Crippen molar-refractivity contribution in [2.24, 2.45) is 17.4 Å². The van der Waals surface area contributed by atoms with E-state index in [4.69, 9.17) is 11.5 Å². The van der Waals surface area contributed by atoms with Crippen LogP contribution in [0.5, 0.6) is 0 Å². The van der Waals surface area contributed by atoms with Crippen molar-refractivity contribution in [3.63, 3.8) is 0 Å². The maximum atomic E-state index is 10.5. The summed E-state index contributed by atoms with van der Waals surface area (Å²) in [6, 6.07) is 0.615. The quantitative estimate of drug-likeness (QED) is 0.528. The summed E-state index contributed by atoms with van der Waals surface area (Å²) in [7, 11) is 0. The van der Waals surface area contributed by atoms with Crippen molar-refractivity contribution in [1.29, 1.82) is 0 Å². The number of piperidine rings is 2. The molecule has 0 aromatic carbocycles. The third-order valence-corrected chi connectivity index (χ3v) is 3.44. The molecule has 1 unspecified atom stereocenters. The van der Waals surface area contributed by atoms with Crippen molar-refractivity contribution in [3.8, 4) is 0 Å². The van der Waals surface area contributed by atoms with E-state index in [0.29, 0.717) is 6.04 Å². The van der Waals surface area contributed by atoms with E-state index in [9.17, 15) is 4.79 Å². The highest BCUT2D eigenvalue weighted by atomic mass is 16.1. The lowest BCUT2D eigenvalue weighted by molar-refractivity contribution is -0.122. The highest BCUT2D eigenvalue weighted by Crippen LogP contribution is 2.09. The summed E-state index contributed by atoms with van der Waals surface area (Å²) in [5.74, 6) is -0.0113. The van der Waals surface area contributed by atoms with E-state index in [-0.39, 0.29) is 11.8 Å². The number of carbonyl (C=O) groups is 1. The molecular formula is C12H26N4O. The van der Waals surface area contributed by atoms with Gasteiger partial charge in [-0.15, -0.1) is 0 Å². The van der Waals surface area contributed by atoms with Gasteiger partial charge in [0.05, 0.1) is 0 Å². The molecule has 0 saturated carbocycles. The SMILES string of the molecule is NC(=O)C1CCNCC1.NCC1CCCCN1. The second kappa shape index (κ2) is 8.44. The number of hydrogen-bond donors (Lipinski definition) is 4. The molecule has 0 spiro atoms. The van der Waals surface area contributed by atoms with Gasteiger partial charge in [0.1, 0.15) is 0 Å². The van der Waals surface area contributed by atoms with Gasteiger partial charge in [0.15, 0.2) is 0 Å². The fraction of sp³-hybridized carbons (Fsp3) is 0.917. The van der Waals surface area contributed by atoms with Crippen LogP contribution in [0.2, 0.25) is 0 Å². The van der Waals surface area contributed by atoms with Gasteiger partial charge in [-0.25, -0.2) is 0 Å². The molecule has 2 rings (SSSR count). The average Bonchev–Trinajstić information content (AvgIpc) is 2.41. The van der Waals surface area contributed by atoms with Crippen molar-refractivity contribution < 1.29 is 4.79 Å². The molecule has 5 heteroatoms. The number of primary amides is 1. The third kappa shape index (κ3) is 6.00. The highest BCUT2D eigenvalue weighted by Gasteiger charge is 2.17. The Hall–Kier alpha value is -0.650. The summed E-state index contributed by atoms with van der Waals surface area (Å²) in [4.78, 5) is 10.5. The molecule has 1 atom stereocenters. The van der Waals surface area contributed by atoms with Crippen LogP contribution in [0, 0.1) is 5.92 Å². The molecular weight excluding hydrogens is 216 g/mol. The summed E-state index contributed by atoms with van der Waals surface area (Å²) in [5, 5.41) is 6.51. The Labute approximate surface area is 104 Å². The van der Waals surface area contributed by atoms with Crippen LogP contribution in [0.1, 0.15) is 32.1 Å². The highest BCUT2D eigenvalue weighted by molar-refractivity contribution is 5.76. The lowest BCUT2D eigenvalue weighted by Gasteiger charge is -2.21. The minimum atomic E-state index is -0.142. The van der Waals surface area contributed by atoms with Crippen LogP contribution in [-0.2, 0) is 4.79 Å². The Morgan fingerprint density at radius 1 is 1.12 bits per heavy atom. The molecule has 0 aliphatic carbocycles. The summed E-state index contributed by atoms with van der Waals surface area (Å²) in [6.07, 6.45) is 5.78. The normalized spacial score (nSPS) is 25.8. The maximum absolute atomic E-state index is 10.5. The second-order valence-electron chi connectivity index (χ2n) is 4.81. The first-order chi connectivity index (χ1) is 8.24. The van der Waals surface area contributed by atoms with Crippen LogP contribution in [0.3, 0.4) is 0 Å². The van der Waals surface area contributed by atoms with Gasteiger partial charge in [-0.2, -0.15) is 0 Å². The maximum Gasteiger partial charge on any atom is 0.220 e. The molecule has 0 aromatic rings. The molecule has 17 heavy (non-hydrogen) atoms. The van der Waals surface area contributed by atoms with Gasteiger partial charge < -0.3 is 22.1 Å². The van der Waals surface area contributed by atoms with Gasteiger partial charge in [0.2, 0.25) is 5.91 Å². The van der Waals surface area contributed by atoms with E-state index < -0.39 is 0 Å². The van der Waals surface area contributed by atoms with Crippen LogP contribution >= 0.6 is 0 Å². The van der Waals surface area contributed by atoms with Crippen LogP contribution in [0.15, 0.2) is 0 Å². The van der Waals surface area contributed by atoms with Gasteiger partial charge in [0, 0.05) is 18.5 Å². The number of nitrogens with one attached hydrogen (secondary N) is 2. The molecule has 0 bridgehead atoms. The molecule has 5 nitrogen and oxygen atoms in total. The largest absolute Gasteiger partial charge is 0.369 e. The Balaban J connectivity index is 0.000000171. The zero-order valence-electron chi connectivity index (χ0n) is 10.6. The van der Waals surface area contributed by atoms with Gasteiger partial charge in [-0.05, 0) is 45.3 Å². The summed E-state index contributed by atoms with van der Waals surface area (Å²) in [6.45, 7) is 3.85. The van der Waals surface area contributed by atoms with Crippen molar-refractivity contribution in [2.45, 2.75) is 38.1 Å². The standard InChI is InChI=1S/C6H12N2O.C6H14N2/c7-6(9)5-1-3-8-4-2-5;7-5-6-3-1-2-4-8-6/h5,8H,1-4H2,(H2,7,9);6,8H,1-5,7H2. The molecule has 6 N–H and O–H groups in total. The number of carbonyl (C=O) groups excluding carboxylic acids is 1. The van der Waals surface area contributed by atoms with Crippen LogP contribution < -0.4 is 22.1 Å². The fourth-order valence-corrected chi connectivity index (χ4v) is 2.23. The zero-order chi connectivity index (χ0) is 12.5. The van der Waals surface area contributed by atoms with E-state index in [1.807, 2.05) is 0 Å². The summed E-state index contributed by atoms with van der Waals surface area (Å²) >= 11 is 0. The van der Waals surface area contributed by atoms with Crippen LogP contribution in [-0.4, -0.2) is 38.1 Å². The summed E-state index contributed by atoms with van der Waals surface area (Å²) < 4.78 is 0. The van der Waals surface area contributed by atoms with E-state index in [0.717, 1.165) is 32.5 Å². The predicted octanol–water partition coefficient (Wildman–Crippen LogP) is -0.441. The number of rotatable bonds is 2. The van der Waals surface area contributed by atoms with Crippen molar-refractivity contribution in [2.75, 3.05) is 26.2 Å². The fourth-order valence-electron chi connectivity index (χ4n) is 2.23. The smallest absolute Gasteiger partial charge is 0.220 e. The van der Waals surface area contributed by atoms with E-state index >= 15 is 0 Å². The number of hydrogen-bond acceptors (Lipinski definition) is 4. The predicted molar refractivity (Wildman–Crippen MR) is 69.5 cm³/mol. The second-order valence-corrected chi connectivity index (χ2v) is 4.81. The van der Waals surface area contributed by atoms with Gasteiger partial charge in [0.25, 0.3) is 0 Å². The molecule has 2 aliphatic rings. The molecule has 2 fully saturated rings. The molecule has 2 saturated heterocycles. The van der Waals surface area contributed by atoms with E-state index in [1.54, 1.807) is 0 Å². The van der Waals surface area contributed by atoms with E-state index in [1.165, 1.54) is 25.8 Å². The van der Waals surface area contributed by atoms with Crippen molar-refractivity contribution >= 4 is 5.91 Å². The molecule has 1 amide bonds. The van der Waals surface area contributed by atoms with Gasteiger partial charge >= 0.3 is 0 Å². The molecule has 100 valence electrons. The van der Waals surface area contributed by atoms with Gasteiger partial charge in [-0.1, -0.05) is 6.42 Å². The molecule has 0 aromatic heterocycles. The number of amides is 1. The number of nitrogens with two attached hydrogens (primary N) is 2. The topological polar surface area (TPSA) is 93.2 Å². The molecule has 0 radical (unpaired) electrons. The lowest BCUT2D eigenvalue weighted by Crippen LogP contribution is -2.39. The lowest BCUT2D eigenvalue weighted by atomic mass is 9.98. The third-order valence-electron chi connectivity index (χ3n) is 3.44. The average molecular weight is 242 g/mol. The van der Waals surface area contributed by atoms with Gasteiger partial charge in [-0.3, -0.25) is 4.79 Å². The van der Waals surface area contributed by atoms with Crippen LogP contribution in [0.25, 0.3) is 0 Å². The Bertz CT molecular complexity index is 211. The van der Waals surface area contributed by atoms with Crippen molar-refractivity contribution in [1.82, 2.24) is 10.6 Å². The first-order valence-electron chi connectivity index (χ1n) is 6.67. The zero-order valence-corrected chi connectivity index (χ0v) is 10.6. The Kier molecular flexibility index (Phi) is 7.16. The first kappa shape index (κ1) is 14.4. The summed E-state index contributed by atoms with van der Waals surface area (Å²) in [5.41, 5.74) is 10.5. The Morgan fingerprint density at radius 2 is 1.82 bits per heavy atom. The first-order valence-corrected chi connectivity index (χ1v) is 6.67. The minimum Gasteiger partial charge on any atom is -0.369 e. The molecule has 2 heterocycles. The van der Waals surface area contributed by atoms with Crippen molar-refractivity contribution in [3.05, 3.63) is 0 Å². The Morgan fingerprint density at radius 3 is 2.18 bits per heavy atom. The monoisotopic (exact) mass is 242 g/mol. The minimum absolute atomic E-state index is 0.131.